The standard InChI is InChI=1S/C17H20ClN3O/c1-12-7-8-16(14(18)9-12)19-17(22)11-21-10-13-5-3-2-4-6-15(13)20-21/h7-10H,2-6,11H2,1H3,(H,19,22). The van der Waals surface area contributed by atoms with E-state index in [-0.39, 0.29) is 12.5 Å². The number of fused-ring (bicyclic) bond motifs is 1. The zero-order valence-corrected chi connectivity index (χ0v) is 13.5. The molecule has 0 bridgehead atoms. The Balaban J connectivity index is 1.67. The van der Waals surface area contributed by atoms with Crippen LogP contribution in [0.25, 0.3) is 0 Å². The summed E-state index contributed by atoms with van der Waals surface area (Å²) in [5, 5.41) is 7.96. The van der Waals surface area contributed by atoms with Crippen molar-refractivity contribution >= 4 is 23.2 Å². The largest absolute Gasteiger partial charge is 0.323 e. The summed E-state index contributed by atoms with van der Waals surface area (Å²) in [6.07, 6.45) is 7.77. The number of benzene rings is 1. The maximum atomic E-state index is 12.2. The summed E-state index contributed by atoms with van der Waals surface area (Å²) in [5.41, 5.74) is 4.15. The Bertz CT molecular complexity index is 670. The predicted molar refractivity (Wildman–Crippen MR) is 88.3 cm³/mol. The third kappa shape index (κ3) is 3.50. The van der Waals surface area contributed by atoms with Crippen molar-refractivity contribution < 1.29 is 4.79 Å². The van der Waals surface area contributed by atoms with Crippen molar-refractivity contribution in [3.63, 3.8) is 0 Å². The summed E-state index contributed by atoms with van der Waals surface area (Å²) in [6.45, 7) is 2.19. The molecule has 1 N–H and O–H groups in total. The van der Waals surface area contributed by atoms with Gasteiger partial charge in [0.1, 0.15) is 6.54 Å². The lowest BCUT2D eigenvalue weighted by Crippen LogP contribution is -2.19. The zero-order valence-electron chi connectivity index (χ0n) is 12.7. The quantitative estimate of drug-likeness (QED) is 0.876. The first-order valence-electron chi connectivity index (χ1n) is 7.73. The van der Waals surface area contributed by atoms with E-state index in [9.17, 15) is 4.79 Å². The van der Waals surface area contributed by atoms with E-state index in [1.54, 1.807) is 4.68 Å². The van der Waals surface area contributed by atoms with Gasteiger partial charge >= 0.3 is 0 Å². The number of aryl methyl sites for hydroxylation is 3. The Morgan fingerprint density at radius 3 is 2.95 bits per heavy atom. The molecule has 1 amide bonds. The molecule has 0 atom stereocenters. The minimum atomic E-state index is -0.108. The van der Waals surface area contributed by atoms with Crippen LogP contribution in [0.2, 0.25) is 5.02 Å². The molecular weight excluding hydrogens is 298 g/mol. The molecule has 0 saturated carbocycles. The SMILES string of the molecule is Cc1ccc(NC(=O)Cn2cc3c(n2)CCCCC3)c(Cl)c1. The van der Waals surface area contributed by atoms with E-state index in [1.165, 1.54) is 24.8 Å². The normalized spacial score (nSPS) is 14.3. The molecule has 22 heavy (non-hydrogen) atoms. The van der Waals surface area contributed by atoms with Crippen LogP contribution < -0.4 is 5.32 Å². The van der Waals surface area contributed by atoms with Crippen molar-refractivity contribution in [3.05, 3.63) is 46.2 Å². The monoisotopic (exact) mass is 317 g/mol. The number of aromatic nitrogens is 2. The molecule has 0 saturated heterocycles. The van der Waals surface area contributed by atoms with Gasteiger partial charge in [0.2, 0.25) is 5.91 Å². The summed E-state index contributed by atoms with van der Waals surface area (Å²) < 4.78 is 1.74. The molecule has 1 aromatic heterocycles. The van der Waals surface area contributed by atoms with Crippen molar-refractivity contribution in [1.29, 1.82) is 0 Å². The first kappa shape index (κ1) is 15.1. The molecule has 4 nitrogen and oxygen atoms in total. The third-order valence-electron chi connectivity index (χ3n) is 3.99. The fraction of sp³-hybridized carbons (Fsp3) is 0.412. The maximum absolute atomic E-state index is 12.2. The second-order valence-corrected chi connectivity index (χ2v) is 6.30. The number of amides is 1. The van der Waals surface area contributed by atoms with Crippen LogP contribution >= 0.6 is 11.6 Å². The highest BCUT2D eigenvalue weighted by Gasteiger charge is 2.14. The molecule has 0 unspecified atom stereocenters. The average molecular weight is 318 g/mol. The molecule has 0 radical (unpaired) electrons. The number of rotatable bonds is 3. The van der Waals surface area contributed by atoms with E-state index < -0.39 is 0 Å². The summed E-state index contributed by atoms with van der Waals surface area (Å²) in [7, 11) is 0. The summed E-state index contributed by atoms with van der Waals surface area (Å²) >= 11 is 6.14. The fourth-order valence-corrected chi connectivity index (χ4v) is 3.13. The Morgan fingerprint density at radius 1 is 1.32 bits per heavy atom. The van der Waals surface area contributed by atoms with E-state index in [4.69, 9.17) is 11.6 Å². The Hall–Kier alpha value is -1.81. The number of hydrogen-bond donors (Lipinski definition) is 1. The molecule has 0 fully saturated rings. The van der Waals surface area contributed by atoms with Crippen LogP contribution in [0, 0.1) is 6.92 Å². The number of carbonyl (C=O) groups is 1. The Labute approximate surface area is 135 Å². The lowest BCUT2D eigenvalue weighted by atomic mass is 10.1. The van der Waals surface area contributed by atoms with Crippen molar-refractivity contribution in [3.8, 4) is 0 Å². The molecule has 1 heterocycles. The molecular formula is C17H20ClN3O. The number of halogens is 1. The molecule has 2 aromatic rings. The maximum Gasteiger partial charge on any atom is 0.246 e. The molecule has 1 aliphatic rings. The molecule has 1 aliphatic carbocycles. The van der Waals surface area contributed by atoms with Gasteiger partial charge in [-0.05, 0) is 55.9 Å². The topological polar surface area (TPSA) is 46.9 Å². The van der Waals surface area contributed by atoms with Crippen LogP contribution in [0.3, 0.4) is 0 Å². The molecule has 116 valence electrons. The van der Waals surface area contributed by atoms with E-state index >= 15 is 0 Å². The van der Waals surface area contributed by atoms with Crippen LogP contribution in [-0.2, 0) is 24.2 Å². The van der Waals surface area contributed by atoms with Crippen LogP contribution in [0.15, 0.2) is 24.4 Å². The van der Waals surface area contributed by atoms with Crippen LogP contribution in [0.1, 0.15) is 36.1 Å². The van der Waals surface area contributed by atoms with Crippen LogP contribution in [-0.4, -0.2) is 15.7 Å². The molecule has 5 heteroatoms. The predicted octanol–water partition coefficient (Wildman–Crippen LogP) is 3.75. The minimum absolute atomic E-state index is 0.108. The number of carbonyl (C=O) groups excluding carboxylic acids is 1. The van der Waals surface area contributed by atoms with Gasteiger partial charge in [0.15, 0.2) is 0 Å². The lowest BCUT2D eigenvalue weighted by molar-refractivity contribution is -0.116. The van der Waals surface area contributed by atoms with E-state index in [1.807, 2.05) is 31.3 Å². The second-order valence-electron chi connectivity index (χ2n) is 5.89. The van der Waals surface area contributed by atoms with Gasteiger partial charge in [0, 0.05) is 6.20 Å². The first-order chi connectivity index (χ1) is 10.6. The summed E-state index contributed by atoms with van der Waals surface area (Å²) in [5.74, 6) is -0.108. The number of anilines is 1. The van der Waals surface area contributed by atoms with Gasteiger partial charge in [-0.25, -0.2) is 0 Å². The highest BCUT2D eigenvalue weighted by molar-refractivity contribution is 6.33. The first-order valence-corrected chi connectivity index (χ1v) is 8.11. The molecule has 0 spiro atoms. The van der Waals surface area contributed by atoms with E-state index in [0.717, 1.165) is 24.1 Å². The highest BCUT2D eigenvalue weighted by Crippen LogP contribution is 2.23. The smallest absolute Gasteiger partial charge is 0.246 e. The summed E-state index contributed by atoms with van der Waals surface area (Å²) in [4.78, 5) is 12.2. The van der Waals surface area contributed by atoms with Gasteiger partial charge in [-0.2, -0.15) is 5.10 Å². The number of hydrogen-bond acceptors (Lipinski definition) is 2. The highest BCUT2D eigenvalue weighted by atomic mass is 35.5. The van der Waals surface area contributed by atoms with Crippen molar-refractivity contribution in [2.45, 2.75) is 45.6 Å². The zero-order chi connectivity index (χ0) is 15.5. The number of nitrogens with one attached hydrogen (secondary N) is 1. The van der Waals surface area contributed by atoms with Crippen LogP contribution in [0.5, 0.6) is 0 Å². The van der Waals surface area contributed by atoms with Gasteiger partial charge in [-0.15, -0.1) is 0 Å². The average Bonchev–Trinajstić information content (AvgIpc) is 2.70. The van der Waals surface area contributed by atoms with E-state index in [2.05, 4.69) is 10.4 Å². The van der Waals surface area contributed by atoms with E-state index in [0.29, 0.717) is 10.7 Å². The Kier molecular flexibility index (Phi) is 4.48. The van der Waals surface area contributed by atoms with Gasteiger partial charge in [0.05, 0.1) is 16.4 Å². The van der Waals surface area contributed by atoms with Crippen molar-refractivity contribution in [1.82, 2.24) is 9.78 Å². The molecule has 3 rings (SSSR count). The second kappa shape index (κ2) is 6.53. The Morgan fingerprint density at radius 2 is 2.14 bits per heavy atom. The fourth-order valence-electron chi connectivity index (χ4n) is 2.85. The summed E-state index contributed by atoms with van der Waals surface area (Å²) in [6, 6.07) is 5.60. The minimum Gasteiger partial charge on any atom is -0.323 e. The van der Waals surface area contributed by atoms with Crippen LogP contribution in [0.4, 0.5) is 5.69 Å². The van der Waals surface area contributed by atoms with Crippen molar-refractivity contribution in [2.75, 3.05) is 5.32 Å². The van der Waals surface area contributed by atoms with Gasteiger partial charge in [0.25, 0.3) is 0 Å². The third-order valence-corrected chi connectivity index (χ3v) is 4.30. The number of nitrogens with zero attached hydrogens (tertiary/aromatic N) is 2. The van der Waals surface area contributed by atoms with Gasteiger partial charge in [-0.1, -0.05) is 24.1 Å². The molecule has 1 aromatic carbocycles. The lowest BCUT2D eigenvalue weighted by Gasteiger charge is -2.08. The van der Waals surface area contributed by atoms with Gasteiger partial charge < -0.3 is 5.32 Å². The molecule has 0 aliphatic heterocycles. The van der Waals surface area contributed by atoms with Crippen molar-refractivity contribution in [2.24, 2.45) is 0 Å². The van der Waals surface area contributed by atoms with Gasteiger partial charge in [-0.3, -0.25) is 9.48 Å².